The Labute approximate surface area is 175 Å². The summed E-state index contributed by atoms with van der Waals surface area (Å²) in [4.78, 5) is 6.35. The zero-order chi connectivity index (χ0) is 21.3. The number of alkyl halides is 3. The van der Waals surface area contributed by atoms with Gasteiger partial charge in [-0.2, -0.15) is 18.3 Å². The summed E-state index contributed by atoms with van der Waals surface area (Å²) in [7, 11) is 0. The molecule has 2 fully saturated rings. The van der Waals surface area contributed by atoms with Crippen LogP contribution < -0.4 is 0 Å². The molecule has 164 valence electrons. The van der Waals surface area contributed by atoms with Gasteiger partial charge in [0.2, 0.25) is 0 Å². The third kappa shape index (κ3) is 4.54. The largest absolute Gasteiger partial charge is 0.417 e. The van der Waals surface area contributed by atoms with Gasteiger partial charge in [0.25, 0.3) is 0 Å². The number of halogens is 3. The molecule has 2 aromatic rings. The summed E-state index contributed by atoms with van der Waals surface area (Å²) < 4.78 is 46.9. The Morgan fingerprint density at radius 2 is 1.93 bits per heavy atom. The normalized spacial score (nSPS) is 23.8. The number of hydrogen-bond donors (Lipinski definition) is 0. The van der Waals surface area contributed by atoms with Crippen molar-refractivity contribution in [3.8, 4) is 11.3 Å². The van der Waals surface area contributed by atoms with E-state index in [1.165, 1.54) is 6.20 Å². The Balaban J connectivity index is 1.58. The van der Waals surface area contributed by atoms with E-state index in [4.69, 9.17) is 4.74 Å². The van der Waals surface area contributed by atoms with E-state index in [1.807, 2.05) is 10.7 Å². The highest BCUT2D eigenvalue weighted by Crippen LogP contribution is 2.40. The lowest BCUT2D eigenvalue weighted by Crippen LogP contribution is -2.35. The van der Waals surface area contributed by atoms with Crippen LogP contribution in [0.1, 0.15) is 62.7 Å². The smallest absolute Gasteiger partial charge is 0.380 e. The van der Waals surface area contributed by atoms with E-state index in [2.05, 4.69) is 28.8 Å². The molecule has 0 radical (unpaired) electrons. The van der Waals surface area contributed by atoms with Crippen LogP contribution in [0.4, 0.5) is 13.2 Å². The number of hydrogen-bond acceptors (Lipinski definition) is 4. The third-order valence-corrected chi connectivity index (χ3v) is 6.21. The second-order valence-corrected chi connectivity index (χ2v) is 8.62. The van der Waals surface area contributed by atoms with Crippen LogP contribution in [-0.4, -0.2) is 52.0 Å². The summed E-state index contributed by atoms with van der Waals surface area (Å²) in [5.41, 5.74) is 1.34. The molecule has 2 atom stereocenters. The molecule has 1 aliphatic carbocycles. The first kappa shape index (κ1) is 21.3. The summed E-state index contributed by atoms with van der Waals surface area (Å²) in [6.07, 6.45) is 2.23. The number of aromatic nitrogens is 3. The zero-order valence-electron chi connectivity index (χ0n) is 17.5. The number of ether oxygens (including phenoxy) is 1. The van der Waals surface area contributed by atoms with Crippen LogP contribution in [0.15, 0.2) is 24.5 Å². The predicted octanol–water partition coefficient (Wildman–Crippen LogP) is 4.90. The molecular weight excluding hydrogens is 393 g/mol. The molecule has 1 aliphatic heterocycles. The first-order valence-electron chi connectivity index (χ1n) is 10.8. The molecule has 2 aliphatic rings. The van der Waals surface area contributed by atoms with E-state index in [0.29, 0.717) is 23.2 Å². The van der Waals surface area contributed by atoms with E-state index in [-0.39, 0.29) is 6.04 Å². The maximum Gasteiger partial charge on any atom is 0.417 e. The predicted molar refractivity (Wildman–Crippen MR) is 108 cm³/mol. The minimum absolute atomic E-state index is 0.137. The fourth-order valence-electron chi connectivity index (χ4n) is 4.69. The fraction of sp³-hybridized carbons (Fsp3) is 0.636. The molecule has 0 N–H and O–H groups in total. The zero-order valence-corrected chi connectivity index (χ0v) is 17.5. The first-order valence-corrected chi connectivity index (χ1v) is 10.8. The standard InChI is InChI=1S/C22H29F3N4O/c1-15(2)29-21(16-4-5-19(11-16)28-6-3-8-30-9-7-28)12-20(27-29)17-10-18(14-26-13-17)22(23,24)25/h10,12-16,19H,3-9,11H2,1-2H3/t16-,19-/m1/s1. The van der Waals surface area contributed by atoms with Gasteiger partial charge >= 0.3 is 6.18 Å². The maximum absolute atomic E-state index is 13.1. The summed E-state index contributed by atoms with van der Waals surface area (Å²) in [6.45, 7) is 7.79. The minimum Gasteiger partial charge on any atom is -0.380 e. The van der Waals surface area contributed by atoms with Crippen LogP contribution in [0.2, 0.25) is 0 Å². The van der Waals surface area contributed by atoms with Crippen molar-refractivity contribution in [3.05, 3.63) is 35.8 Å². The SMILES string of the molecule is CC(C)n1nc(-c2cncc(C(F)(F)F)c2)cc1[C@@H]1CC[C@@H](N2CCCOCC2)C1. The van der Waals surface area contributed by atoms with Gasteiger partial charge in [0, 0.05) is 61.3 Å². The van der Waals surface area contributed by atoms with Crippen molar-refractivity contribution >= 4 is 0 Å². The monoisotopic (exact) mass is 422 g/mol. The molecule has 4 rings (SSSR count). The topological polar surface area (TPSA) is 43.2 Å². The quantitative estimate of drug-likeness (QED) is 0.703. The van der Waals surface area contributed by atoms with Crippen LogP contribution in [-0.2, 0) is 10.9 Å². The van der Waals surface area contributed by atoms with Crippen molar-refractivity contribution in [1.82, 2.24) is 19.7 Å². The highest BCUT2D eigenvalue weighted by Gasteiger charge is 2.34. The lowest BCUT2D eigenvalue weighted by Gasteiger charge is -2.27. The van der Waals surface area contributed by atoms with Gasteiger partial charge in [0.15, 0.2) is 0 Å². The minimum atomic E-state index is -4.41. The molecule has 30 heavy (non-hydrogen) atoms. The van der Waals surface area contributed by atoms with Gasteiger partial charge < -0.3 is 4.74 Å². The third-order valence-electron chi connectivity index (χ3n) is 6.21. The fourth-order valence-corrected chi connectivity index (χ4v) is 4.69. The molecule has 0 aromatic carbocycles. The Hall–Kier alpha value is -1.93. The summed E-state index contributed by atoms with van der Waals surface area (Å²) in [6, 6.07) is 3.78. The number of rotatable bonds is 4. The molecule has 5 nitrogen and oxygen atoms in total. The Morgan fingerprint density at radius 1 is 1.10 bits per heavy atom. The van der Waals surface area contributed by atoms with Crippen molar-refractivity contribution in [2.75, 3.05) is 26.3 Å². The van der Waals surface area contributed by atoms with Crippen molar-refractivity contribution in [2.24, 2.45) is 0 Å². The van der Waals surface area contributed by atoms with Crippen LogP contribution in [0.25, 0.3) is 11.3 Å². The molecule has 3 heterocycles. The molecule has 1 saturated carbocycles. The molecule has 0 bridgehead atoms. The van der Waals surface area contributed by atoms with E-state index >= 15 is 0 Å². The van der Waals surface area contributed by atoms with Gasteiger partial charge in [0.1, 0.15) is 0 Å². The lowest BCUT2D eigenvalue weighted by molar-refractivity contribution is -0.137. The van der Waals surface area contributed by atoms with Gasteiger partial charge in [-0.05, 0) is 51.7 Å². The Bertz CT molecular complexity index is 856. The second-order valence-electron chi connectivity index (χ2n) is 8.62. The number of pyridine rings is 1. The van der Waals surface area contributed by atoms with Crippen LogP contribution in [0.3, 0.4) is 0 Å². The van der Waals surface area contributed by atoms with Crippen molar-refractivity contribution in [1.29, 1.82) is 0 Å². The molecule has 0 spiro atoms. The van der Waals surface area contributed by atoms with Gasteiger partial charge in [-0.1, -0.05) is 0 Å². The highest BCUT2D eigenvalue weighted by atomic mass is 19.4. The van der Waals surface area contributed by atoms with Gasteiger partial charge in [0.05, 0.1) is 17.9 Å². The van der Waals surface area contributed by atoms with E-state index < -0.39 is 11.7 Å². The van der Waals surface area contributed by atoms with Gasteiger partial charge in [-0.3, -0.25) is 14.6 Å². The van der Waals surface area contributed by atoms with Crippen molar-refractivity contribution in [2.45, 2.75) is 63.7 Å². The highest BCUT2D eigenvalue weighted by molar-refractivity contribution is 5.59. The van der Waals surface area contributed by atoms with Crippen LogP contribution >= 0.6 is 0 Å². The molecule has 0 amide bonds. The Morgan fingerprint density at radius 3 is 2.70 bits per heavy atom. The molecule has 0 unspecified atom stereocenters. The van der Waals surface area contributed by atoms with Crippen LogP contribution in [0.5, 0.6) is 0 Å². The van der Waals surface area contributed by atoms with E-state index in [1.54, 1.807) is 0 Å². The molecule has 8 heteroatoms. The van der Waals surface area contributed by atoms with Crippen LogP contribution in [0, 0.1) is 0 Å². The first-order chi connectivity index (χ1) is 14.3. The second kappa shape index (κ2) is 8.67. The molecular formula is C22H29F3N4O. The van der Waals surface area contributed by atoms with E-state index in [9.17, 15) is 13.2 Å². The van der Waals surface area contributed by atoms with E-state index in [0.717, 1.165) is 69.9 Å². The Kier molecular flexibility index (Phi) is 6.16. The summed E-state index contributed by atoms with van der Waals surface area (Å²) in [5.74, 6) is 0.363. The average Bonchev–Trinajstić information content (AvgIpc) is 3.28. The maximum atomic E-state index is 13.1. The van der Waals surface area contributed by atoms with Gasteiger partial charge in [-0.25, -0.2) is 0 Å². The lowest BCUT2D eigenvalue weighted by atomic mass is 10.0. The summed E-state index contributed by atoms with van der Waals surface area (Å²) >= 11 is 0. The van der Waals surface area contributed by atoms with Crippen molar-refractivity contribution in [3.63, 3.8) is 0 Å². The average molecular weight is 422 g/mol. The molecule has 2 aromatic heterocycles. The van der Waals surface area contributed by atoms with Gasteiger partial charge in [-0.15, -0.1) is 0 Å². The molecule has 1 saturated heterocycles. The number of nitrogens with zero attached hydrogens (tertiary/aromatic N) is 4. The summed E-state index contributed by atoms with van der Waals surface area (Å²) in [5, 5.41) is 4.68. The van der Waals surface area contributed by atoms with Crippen molar-refractivity contribution < 1.29 is 17.9 Å².